The molecule has 1 aromatic carbocycles. The monoisotopic (exact) mass is 448 g/mol. The average molecular weight is 449 g/mol. The van der Waals surface area contributed by atoms with Crippen LogP contribution in [-0.2, 0) is 17.9 Å². The van der Waals surface area contributed by atoms with E-state index < -0.39 is 11.4 Å². The Morgan fingerprint density at radius 2 is 2.03 bits per heavy atom. The fraction of sp³-hybridized carbons (Fsp3) is 0.200. The number of pyridine rings is 1. The van der Waals surface area contributed by atoms with Crippen LogP contribution >= 0.6 is 23.2 Å². The Kier molecular flexibility index (Phi) is 6.59. The van der Waals surface area contributed by atoms with Crippen molar-refractivity contribution in [3.63, 3.8) is 0 Å². The van der Waals surface area contributed by atoms with E-state index in [9.17, 15) is 14.7 Å². The van der Waals surface area contributed by atoms with Gasteiger partial charge < -0.3 is 14.5 Å². The highest BCUT2D eigenvalue weighted by Crippen LogP contribution is 2.30. The summed E-state index contributed by atoms with van der Waals surface area (Å²) in [5, 5.41) is 18.3. The summed E-state index contributed by atoms with van der Waals surface area (Å²) in [7, 11) is 1.43. The minimum Gasteiger partial charge on any atom is -0.477 e. The van der Waals surface area contributed by atoms with Crippen molar-refractivity contribution in [2.45, 2.75) is 20.0 Å². The Morgan fingerprint density at radius 3 is 2.67 bits per heavy atom. The van der Waals surface area contributed by atoms with Crippen LogP contribution in [0.1, 0.15) is 28.7 Å². The number of aromatic carboxylic acids is 1. The molecule has 0 bridgehead atoms. The van der Waals surface area contributed by atoms with Crippen molar-refractivity contribution in [2.75, 3.05) is 7.11 Å². The van der Waals surface area contributed by atoms with Crippen LogP contribution in [0, 0.1) is 0 Å². The molecule has 0 atom stereocenters. The zero-order chi connectivity index (χ0) is 21.8. The van der Waals surface area contributed by atoms with Gasteiger partial charge in [0.05, 0.1) is 28.5 Å². The van der Waals surface area contributed by atoms with Crippen molar-refractivity contribution in [1.82, 2.24) is 14.3 Å². The number of benzene rings is 1. The van der Waals surface area contributed by atoms with Gasteiger partial charge in [0.2, 0.25) is 0 Å². The summed E-state index contributed by atoms with van der Waals surface area (Å²) >= 11 is 12.1. The van der Waals surface area contributed by atoms with Crippen LogP contribution in [0.2, 0.25) is 10.0 Å². The van der Waals surface area contributed by atoms with Crippen molar-refractivity contribution in [3.05, 3.63) is 73.7 Å². The van der Waals surface area contributed by atoms with Crippen molar-refractivity contribution < 1.29 is 14.7 Å². The van der Waals surface area contributed by atoms with E-state index in [0.717, 1.165) is 0 Å². The third kappa shape index (κ3) is 4.39. The summed E-state index contributed by atoms with van der Waals surface area (Å²) in [4.78, 5) is 29.2. The summed E-state index contributed by atoms with van der Waals surface area (Å²) in [5.41, 5.74) is 0.986. The molecule has 0 amide bonds. The first-order valence-electron chi connectivity index (χ1n) is 8.91. The number of carboxylic acid groups (broad SMARTS) is 1. The normalized spacial score (nSPS) is 11.2. The number of rotatable bonds is 7. The number of carboxylic acids is 1. The molecule has 0 aliphatic heterocycles. The highest BCUT2D eigenvalue weighted by atomic mass is 35.5. The Morgan fingerprint density at radius 1 is 1.27 bits per heavy atom. The van der Waals surface area contributed by atoms with Crippen molar-refractivity contribution in [1.29, 1.82) is 0 Å². The fourth-order valence-corrected chi connectivity index (χ4v) is 3.44. The van der Waals surface area contributed by atoms with Gasteiger partial charge in [-0.15, -0.1) is 0 Å². The number of hydrogen-bond acceptors (Lipinski definition) is 5. The maximum absolute atomic E-state index is 12.7. The quantitative estimate of drug-likeness (QED) is 0.438. The second kappa shape index (κ2) is 9.15. The molecule has 0 aliphatic carbocycles. The molecule has 0 fully saturated rings. The second-order valence-corrected chi connectivity index (χ2v) is 7.07. The van der Waals surface area contributed by atoms with Gasteiger partial charge in [-0.2, -0.15) is 5.10 Å². The van der Waals surface area contributed by atoms with Crippen LogP contribution in [0.4, 0.5) is 0 Å². The Labute approximate surface area is 181 Å². The topological polar surface area (TPSA) is 98.7 Å². The molecule has 0 spiro atoms. The smallest absolute Gasteiger partial charge is 0.341 e. The van der Waals surface area contributed by atoms with Gasteiger partial charge in [-0.25, -0.2) is 4.79 Å². The Hall–Kier alpha value is -3.10. The zero-order valence-corrected chi connectivity index (χ0v) is 17.7. The molecule has 0 saturated heterocycles. The predicted octanol–water partition coefficient (Wildman–Crippen LogP) is 3.77. The minimum absolute atomic E-state index is 0.248. The van der Waals surface area contributed by atoms with Crippen LogP contribution in [0.25, 0.3) is 11.3 Å². The summed E-state index contributed by atoms with van der Waals surface area (Å²) in [5.74, 6) is -1.31. The van der Waals surface area contributed by atoms with E-state index in [1.54, 1.807) is 39.7 Å². The van der Waals surface area contributed by atoms with Gasteiger partial charge in [-0.05, 0) is 25.1 Å². The lowest BCUT2D eigenvalue weighted by Gasteiger charge is -2.20. The van der Waals surface area contributed by atoms with Gasteiger partial charge in [0.1, 0.15) is 18.4 Å². The molecule has 156 valence electrons. The highest BCUT2D eigenvalue weighted by molar-refractivity contribution is 6.42. The molecule has 3 aromatic rings. The van der Waals surface area contributed by atoms with Gasteiger partial charge in [0.15, 0.2) is 5.43 Å². The largest absolute Gasteiger partial charge is 0.477 e. The third-order valence-electron chi connectivity index (χ3n) is 4.40. The summed E-state index contributed by atoms with van der Waals surface area (Å²) in [6.45, 7) is 2.53. The molecule has 3 rings (SSSR count). The van der Waals surface area contributed by atoms with Crippen LogP contribution in [0.5, 0.6) is 0 Å². The standard InChI is InChI=1S/C20H18Cl2N4O4/c1-3-26-14(11-25-7-6-13(24-25)10-23-30-2)9-17(27)18(20(28)29)19(26)12-4-5-15(21)16(22)8-12/h4-10H,3,11H2,1-2H3,(H,28,29). The van der Waals surface area contributed by atoms with Gasteiger partial charge >= 0.3 is 5.97 Å². The van der Waals surface area contributed by atoms with Gasteiger partial charge in [0, 0.05) is 30.1 Å². The third-order valence-corrected chi connectivity index (χ3v) is 5.14. The molecule has 2 aromatic heterocycles. The minimum atomic E-state index is -1.31. The number of nitrogens with zero attached hydrogens (tertiary/aromatic N) is 4. The molecular formula is C20H18Cl2N4O4. The van der Waals surface area contributed by atoms with E-state index in [2.05, 4.69) is 15.1 Å². The first-order chi connectivity index (χ1) is 14.3. The molecule has 0 aliphatic rings. The SMILES string of the molecule is CCn1c(Cn2ccc(C=NOC)n2)cc(=O)c(C(=O)O)c1-c1ccc(Cl)c(Cl)c1. The summed E-state index contributed by atoms with van der Waals surface area (Å²) in [6, 6.07) is 7.81. The number of hydrogen-bond donors (Lipinski definition) is 1. The van der Waals surface area contributed by atoms with E-state index in [4.69, 9.17) is 23.2 Å². The fourth-order valence-electron chi connectivity index (χ4n) is 3.15. The van der Waals surface area contributed by atoms with Gasteiger partial charge in [-0.3, -0.25) is 9.48 Å². The second-order valence-electron chi connectivity index (χ2n) is 6.26. The molecule has 8 nitrogen and oxygen atoms in total. The molecule has 0 unspecified atom stereocenters. The van der Waals surface area contributed by atoms with E-state index in [0.29, 0.717) is 28.5 Å². The van der Waals surface area contributed by atoms with Crippen LogP contribution < -0.4 is 5.43 Å². The molecular weight excluding hydrogens is 431 g/mol. The molecule has 1 N–H and O–H groups in total. The summed E-state index contributed by atoms with van der Waals surface area (Å²) in [6.07, 6.45) is 3.18. The van der Waals surface area contributed by atoms with Crippen LogP contribution in [0.15, 0.2) is 46.5 Å². The van der Waals surface area contributed by atoms with Crippen LogP contribution in [0.3, 0.4) is 0 Å². The molecule has 10 heteroatoms. The number of halogens is 2. The molecule has 0 saturated carbocycles. The number of oxime groups is 1. The molecule has 0 radical (unpaired) electrons. The number of carbonyl (C=O) groups is 1. The number of aromatic nitrogens is 3. The lowest BCUT2D eigenvalue weighted by Crippen LogP contribution is -2.24. The van der Waals surface area contributed by atoms with E-state index in [-0.39, 0.29) is 22.8 Å². The predicted molar refractivity (Wildman–Crippen MR) is 115 cm³/mol. The van der Waals surface area contributed by atoms with E-state index in [1.165, 1.54) is 19.4 Å². The first kappa shape index (κ1) is 21.6. The lowest BCUT2D eigenvalue weighted by molar-refractivity contribution is 0.0695. The molecule has 2 heterocycles. The van der Waals surface area contributed by atoms with Gasteiger partial charge in [0.25, 0.3) is 0 Å². The van der Waals surface area contributed by atoms with Gasteiger partial charge in [-0.1, -0.05) is 34.4 Å². The van der Waals surface area contributed by atoms with Crippen molar-refractivity contribution >= 4 is 35.4 Å². The molecule has 30 heavy (non-hydrogen) atoms. The summed E-state index contributed by atoms with van der Waals surface area (Å²) < 4.78 is 3.38. The maximum Gasteiger partial charge on any atom is 0.341 e. The highest BCUT2D eigenvalue weighted by Gasteiger charge is 2.22. The zero-order valence-electron chi connectivity index (χ0n) is 16.2. The van der Waals surface area contributed by atoms with Crippen LogP contribution in [-0.4, -0.2) is 38.7 Å². The Bertz CT molecular complexity index is 1180. The first-order valence-corrected chi connectivity index (χ1v) is 9.66. The average Bonchev–Trinajstić information content (AvgIpc) is 3.15. The lowest BCUT2D eigenvalue weighted by atomic mass is 10.0. The van der Waals surface area contributed by atoms with Crippen molar-refractivity contribution in [3.8, 4) is 11.3 Å². The van der Waals surface area contributed by atoms with E-state index in [1.807, 2.05) is 6.92 Å². The maximum atomic E-state index is 12.7. The Balaban J connectivity index is 2.17. The van der Waals surface area contributed by atoms with Crippen molar-refractivity contribution in [2.24, 2.45) is 5.16 Å². The van der Waals surface area contributed by atoms with E-state index >= 15 is 0 Å².